The maximum Gasteiger partial charge on any atom is 0.0989 e. The second kappa shape index (κ2) is 6.44. The van der Waals surface area contributed by atoms with Crippen LogP contribution in [0.15, 0.2) is 42.6 Å². The van der Waals surface area contributed by atoms with Crippen molar-refractivity contribution in [2.45, 2.75) is 45.1 Å². The molecule has 1 aromatic heterocycles. The largest absolute Gasteiger partial charge is 0.387 e. The van der Waals surface area contributed by atoms with Crippen molar-refractivity contribution in [1.29, 1.82) is 0 Å². The molecule has 1 aromatic carbocycles. The van der Waals surface area contributed by atoms with Gasteiger partial charge in [0.25, 0.3) is 0 Å². The van der Waals surface area contributed by atoms with Gasteiger partial charge in [-0.1, -0.05) is 44.4 Å². The standard InChI is InChI=1S/C18H24N2O/c1-2-14-8-10-15(11-9-14)18(21)17-12-13-19-20(17)16-6-4-3-5-7-16/h3-7,12-15,18,21H,2,8-11H2,1H3. The third-order valence-corrected chi connectivity index (χ3v) is 4.89. The monoisotopic (exact) mass is 284 g/mol. The molecule has 0 radical (unpaired) electrons. The molecule has 1 unspecified atom stereocenters. The van der Waals surface area contributed by atoms with E-state index in [0.717, 1.165) is 30.1 Å². The van der Waals surface area contributed by atoms with E-state index in [-0.39, 0.29) is 0 Å². The molecule has 0 saturated heterocycles. The lowest BCUT2D eigenvalue weighted by atomic mass is 9.78. The Balaban J connectivity index is 1.77. The van der Waals surface area contributed by atoms with E-state index < -0.39 is 6.10 Å². The lowest BCUT2D eigenvalue weighted by Crippen LogP contribution is -2.22. The van der Waals surface area contributed by atoms with Crippen LogP contribution >= 0.6 is 0 Å². The van der Waals surface area contributed by atoms with Crippen molar-refractivity contribution in [1.82, 2.24) is 9.78 Å². The first kappa shape index (κ1) is 14.3. The molecule has 3 rings (SSSR count). The predicted octanol–water partition coefficient (Wildman–Crippen LogP) is 4.12. The lowest BCUT2D eigenvalue weighted by molar-refractivity contribution is 0.0677. The van der Waals surface area contributed by atoms with Crippen LogP contribution in [-0.2, 0) is 0 Å². The molecule has 1 aliphatic rings. The fraction of sp³-hybridized carbons (Fsp3) is 0.500. The summed E-state index contributed by atoms with van der Waals surface area (Å²) in [6.07, 6.45) is 7.38. The zero-order valence-electron chi connectivity index (χ0n) is 12.7. The Morgan fingerprint density at radius 2 is 1.86 bits per heavy atom. The van der Waals surface area contributed by atoms with Gasteiger partial charge in [-0.25, -0.2) is 4.68 Å². The zero-order valence-corrected chi connectivity index (χ0v) is 12.7. The Kier molecular flexibility index (Phi) is 4.39. The summed E-state index contributed by atoms with van der Waals surface area (Å²) in [5, 5.41) is 15.2. The van der Waals surface area contributed by atoms with Gasteiger partial charge in [-0.3, -0.25) is 0 Å². The molecule has 2 aromatic rings. The van der Waals surface area contributed by atoms with Crippen molar-refractivity contribution >= 4 is 0 Å². The van der Waals surface area contributed by atoms with Gasteiger partial charge in [0.1, 0.15) is 0 Å². The highest BCUT2D eigenvalue weighted by Crippen LogP contribution is 2.38. The van der Waals surface area contributed by atoms with Crippen molar-refractivity contribution in [2.75, 3.05) is 0 Å². The first-order valence-corrected chi connectivity index (χ1v) is 8.07. The third kappa shape index (κ3) is 3.03. The fourth-order valence-electron chi connectivity index (χ4n) is 3.48. The molecule has 0 amide bonds. The smallest absolute Gasteiger partial charge is 0.0989 e. The number of hydrogen-bond acceptors (Lipinski definition) is 2. The first-order chi connectivity index (χ1) is 10.3. The topological polar surface area (TPSA) is 38.1 Å². The average Bonchev–Trinajstić information content (AvgIpc) is 3.04. The quantitative estimate of drug-likeness (QED) is 0.917. The van der Waals surface area contributed by atoms with Crippen LogP contribution in [0.2, 0.25) is 0 Å². The van der Waals surface area contributed by atoms with E-state index in [1.807, 2.05) is 41.1 Å². The van der Waals surface area contributed by atoms with Crippen molar-refractivity contribution in [3.05, 3.63) is 48.3 Å². The van der Waals surface area contributed by atoms with Crippen LogP contribution < -0.4 is 0 Å². The van der Waals surface area contributed by atoms with Gasteiger partial charge < -0.3 is 5.11 Å². The molecule has 0 aliphatic heterocycles. The fourth-order valence-corrected chi connectivity index (χ4v) is 3.48. The van der Waals surface area contributed by atoms with E-state index in [1.54, 1.807) is 6.20 Å². The minimum Gasteiger partial charge on any atom is -0.387 e. The Morgan fingerprint density at radius 3 is 2.52 bits per heavy atom. The van der Waals surface area contributed by atoms with Gasteiger partial charge in [-0.15, -0.1) is 0 Å². The number of hydrogen-bond donors (Lipinski definition) is 1. The van der Waals surface area contributed by atoms with Crippen molar-refractivity contribution in [2.24, 2.45) is 11.8 Å². The second-order valence-corrected chi connectivity index (χ2v) is 6.14. The Hall–Kier alpha value is -1.61. The summed E-state index contributed by atoms with van der Waals surface area (Å²) in [4.78, 5) is 0. The van der Waals surface area contributed by atoms with Crippen LogP contribution in [0.1, 0.15) is 50.8 Å². The number of benzene rings is 1. The maximum absolute atomic E-state index is 10.8. The van der Waals surface area contributed by atoms with Gasteiger partial charge in [-0.2, -0.15) is 5.10 Å². The van der Waals surface area contributed by atoms with E-state index in [2.05, 4.69) is 12.0 Å². The minimum absolute atomic E-state index is 0.368. The van der Waals surface area contributed by atoms with Gasteiger partial charge in [-0.05, 0) is 42.9 Å². The number of aromatic nitrogens is 2. The Morgan fingerprint density at radius 1 is 1.14 bits per heavy atom. The van der Waals surface area contributed by atoms with Crippen molar-refractivity contribution < 1.29 is 5.11 Å². The summed E-state index contributed by atoms with van der Waals surface area (Å²) in [5.41, 5.74) is 1.93. The minimum atomic E-state index is -0.412. The number of aliphatic hydroxyl groups excluding tert-OH is 1. The predicted molar refractivity (Wildman–Crippen MR) is 84.3 cm³/mol. The van der Waals surface area contributed by atoms with E-state index in [4.69, 9.17) is 0 Å². The molecule has 112 valence electrons. The number of aliphatic hydroxyl groups is 1. The maximum atomic E-state index is 10.8. The molecule has 3 nitrogen and oxygen atoms in total. The summed E-state index contributed by atoms with van der Waals surface area (Å²) in [5.74, 6) is 1.22. The number of rotatable bonds is 4. The normalized spacial score (nSPS) is 23.9. The molecular formula is C18H24N2O. The Bertz CT molecular complexity index is 556. The molecule has 1 heterocycles. The number of nitrogens with zero attached hydrogens (tertiary/aromatic N) is 2. The summed E-state index contributed by atoms with van der Waals surface area (Å²) in [6, 6.07) is 12.0. The van der Waals surface area contributed by atoms with Crippen molar-refractivity contribution in [3.63, 3.8) is 0 Å². The van der Waals surface area contributed by atoms with Gasteiger partial charge in [0.05, 0.1) is 17.5 Å². The first-order valence-electron chi connectivity index (χ1n) is 8.07. The SMILES string of the molecule is CCC1CCC(C(O)c2ccnn2-c2ccccc2)CC1. The van der Waals surface area contributed by atoms with Crippen molar-refractivity contribution in [3.8, 4) is 5.69 Å². The molecule has 1 aliphatic carbocycles. The zero-order chi connectivity index (χ0) is 14.7. The van der Waals surface area contributed by atoms with Gasteiger partial charge >= 0.3 is 0 Å². The summed E-state index contributed by atoms with van der Waals surface area (Å²) >= 11 is 0. The highest BCUT2D eigenvalue weighted by atomic mass is 16.3. The van der Waals surface area contributed by atoms with Crippen LogP contribution in [0.5, 0.6) is 0 Å². The van der Waals surface area contributed by atoms with Gasteiger partial charge in [0.2, 0.25) is 0 Å². The molecule has 1 N–H and O–H groups in total. The summed E-state index contributed by atoms with van der Waals surface area (Å²) in [7, 11) is 0. The van der Waals surface area contributed by atoms with Gasteiger partial charge in [0.15, 0.2) is 0 Å². The van der Waals surface area contributed by atoms with Crippen LogP contribution in [0.4, 0.5) is 0 Å². The van der Waals surface area contributed by atoms with E-state index in [1.165, 1.54) is 19.3 Å². The third-order valence-electron chi connectivity index (χ3n) is 4.89. The highest BCUT2D eigenvalue weighted by Gasteiger charge is 2.28. The highest BCUT2D eigenvalue weighted by molar-refractivity contribution is 5.32. The van der Waals surface area contributed by atoms with Crippen LogP contribution in [0.25, 0.3) is 5.69 Å². The van der Waals surface area contributed by atoms with E-state index >= 15 is 0 Å². The summed E-state index contributed by atoms with van der Waals surface area (Å²) < 4.78 is 1.87. The molecule has 0 spiro atoms. The van der Waals surface area contributed by atoms with E-state index in [9.17, 15) is 5.11 Å². The van der Waals surface area contributed by atoms with Crippen LogP contribution in [0, 0.1) is 11.8 Å². The summed E-state index contributed by atoms with van der Waals surface area (Å²) in [6.45, 7) is 2.27. The molecule has 1 saturated carbocycles. The molecule has 21 heavy (non-hydrogen) atoms. The van der Waals surface area contributed by atoms with Crippen LogP contribution in [0.3, 0.4) is 0 Å². The molecule has 1 atom stereocenters. The molecule has 0 bridgehead atoms. The number of para-hydroxylation sites is 1. The Labute approximate surface area is 126 Å². The van der Waals surface area contributed by atoms with E-state index in [0.29, 0.717) is 5.92 Å². The van der Waals surface area contributed by atoms with Crippen LogP contribution in [-0.4, -0.2) is 14.9 Å². The lowest BCUT2D eigenvalue weighted by Gasteiger charge is -2.31. The molecular weight excluding hydrogens is 260 g/mol. The molecule has 1 fully saturated rings. The molecule has 3 heteroatoms. The average molecular weight is 284 g/mol. The second-order valence-electron chi connectivity index (χ2n) is 6.14. The van der Waals surface area contributed by atoms with Gasteiger partial charge in [0, 0.05) is 6.20 Å².